The first-order chi connectivity index (χ1) is 13.2. The van der Waals surface area contributed by atoms with Crippen LogP contribution in [0.15, 0.2) is 30.7 Å². The van der Waals surface area contributed by atoms with E-state index in [4.69, 9.17) is 16.3 Å². The normalized spacial score (nSPS) is 22.1. The summed E-state index contributed by atoms with van der Waals surface area (Å²) in [7, 11) is 0. The van der Waals surface area contributed by atoms with Gasteiger partial charge in [0.05, 0.1) is 5.69 Å². The van der Waals surface area contributed by atoms with Gasteiger partial charge in [-0.15, -0.1) is 0 Å². The average molecular weight is 383 g/mol. The summed E-state index contributed by atoms with van der Waals surface area (Å²) in [5.41, 5.74) is 4.53. The highest BCUT2D eigenvalue weighted by atomic mass is 35.5. The number of nitrogens with zero attached hydrogens (tertiary/aromatic N) is 3. The summed E-state index contributed by atoms with van der Waals surface area (Å²) in [4.78, 5) is 8.81. The second-order valence-electron chi connectivity index (χ2n) is 7.56. The summed E-state index contributed by atoms with van der Waals surface area (Å²) in [5.74, 6) is 0.989. The van der Waals surface area contributed by atoms with Crippen LogP contribution in [-0.4, -0.2) is 27.2 Å². The topological polar surface area (TPSA) is 52.0 Å². The smallest absolute Gasteiger partial charge is 0.143 e. The van der Waals surface area contributed by atoms with Crippen LogP contribution in [0.2, 0.25) is 5.02 Å². The molecular weight excluding hydrogens is 360 g/mol. The molecule has 27 heavy (non-hydrogen) atoms. The van der Waals surface area contributed by atoms with Gasteiger partial charge in [-0.1, -0.05) is 11.6 Å². The number of benzene rings is 1. The third-order valence-electron chi connectivity index (χ3n) is 5.94. The Labute approximate surface area is 163 Å². The Morgan fingerprint density at radius 2 is 2.11 bits per heavy atom. The molecule has 2 unspecified atom stereocenters. The zero-order chi connectivity index (χ0) is 18.4. The van der Waals surface area contributed by atoms with Gasteiger partial charge in [0.1, 0.15) is 23.8 Å². The molecule has 6 heteroatoms. The standard InChI is InChI=1S/C21H23ClN4O/c1-13-16-7-9-26(21(16)25-12-24-13)14-2-3-15(10-14)27-20-5-4-19(22)17-6-8-23-11-18(17)20/h4-5,7,9,12,14-15,23H,2-3,6,8,10-11H2,1H3. The molecule has 2 aromatic heterocycles. The van der Waals surface area contributed by atoms with Crippen LogP contribution in [0.5, 0.6) is 5.75 Å². The Morgan fingerprint density at radius 1 is 1.19 bits per heavy atom. The lowest BCUT2D eigenvalue weighted by Gasteiger charge is -2.24. The van der Waals surface area contributed by atoms with Crippen molar-refractivity contribution in [3.8, 4) is 5.75 Å². The van der Waals surface area contributed by atoms with Gasteiger partial charge in [0.15, 0.2) is 0 Å². The van der Waals surface area contributed by atoms with Gasteiger partial charge >= 0.3 is 0 Å². The molecule has 0 bridgehead atoms. The third kappa shape index (κ3) is 2.99. The number of nitrogens with one attached hydrogen (secondary N) is 1. The van der Waals surface area contributed by atoms with E-state index in [2.05, 4.69) is 32.1 Å². The predicted octanol–water partition coefficient (Wildman–Crippen LogP) is 4.21. The number of hydrogen-bond acceptors (Lipinski definition) is 4. The molecule has 3 heterocycles. The number of halogens is 1. The largest absolute Gasteiger partial charge is 0.490 e. The van der Waals surface area contributed by atoms with Crippen LogP contribution in [0, 0.1) is 6.92 Å². The molecular formula is C21H23ClN4O. The minimum absolute atomic E-state index is 0.225. The van der Waals surface area contributed by atoms with Crippen molar-refractivity contribution in [3.63, 3.8) is 0 Å². The van der Waals surface area contributed by atoms with Gasteiger partial charge in [-0.25, -0.2) is 9.97 Å². The van der Waals surface area contributed by atoms with Gasteiger partial charge in [0, 0.05) is 41.2 Å². The SMILES string of the molecule is Cc1ncnc2c1ccn2C1CCC(Oc2ccc(Cl)c3c2CNCC3)C1. The number of fused-ring (bicyclic) bond motifs is 2. The summed E-state index contributed by atoms with van der Waals surface area (Å²) in [5, 5.41) is 5.43. The zero-order valence-corrected chi connectivity index (χ0v) is 16.2. The van der Waals surface area contributed by atoms with Gasteiger partial charge in [-0.05, 0) is 56.5 Å². The number of rotatable bonds is 3. The van der Waals surface area contributed by atoms with Gasteiger partial charge in [-0.2, -0.15) is 0 Å². The molecule has 5 rings (SSSR count). The molecule has 1 saturated carbocycles. The number of aromatic nitrogens is 3. The zero-order valence-electron chi connectivity index (χ0n) is 15.4. The maximum absolute atomic E-state index is 6.45. The Balaban J connectivity index is 1.37. The Hall–Kier alpha value is -2.11. The molecule has 3 aromatic rings. The molecule has 1 N–H and O–H groups in total. The van der Waals surface area contributed by atoms with Crippen molar-refractivity contribution >= 4 is 22.6 Å². The van der Waals surface area contributed by atoms with E-state index in [0.717, 1.165) is 66.3 Å². The first-order valence-electron chi connectivity index (χ1n) is 9.66. The summed E-state index contributed by atoms with van der Waals surface area (Å²) in [6, 6.07) is 6.55. The average Bonchev–Trinajstić information content (AvgIpc) is 3.32. The lowest BCUT2D eigenvalue weighted by Crippen LogP contribution is -2.25. The fourth-order valence-corrected chi connectivity index (χ4v) is 4.76. The van der Waals surface area contributed by atoms with E-state index in [0.29, 0.717) is 6.04 Å². The van der Waals surface area contributed by atoms with E-state index in [9.17, 15) is 0 Å². The van der Waals surface area contributed by atoms with Gasteiger partial charge in [0.2, 0.25) is 0 Å². The summed E-state index contributed by atoms with van der Waals surface area (Å²) in [6.07, 6.45) is 8.15. The lowest BCUT2D eigenvalue weighted by molar-refractivity contribution is 0.202. The second kappa shape index (κ2) is 6.80. The van der Waals surface area contributed by atoms with E-state index in [-0.39, 0.29) is 6.10 Å². The van der Waals surface area contributed by atoms with Crippen LogP contribution in [0.1, 0.15) is 42.1 Å². The van der Waals surface area contributed by atoms with Crippen LogP contribution < -0.4 is 10.1 Å². The number of aryl methyl sites for hydroxylation is 1. The van der Waals surface area contributed by atoms with E-state index < -0.39 is 0 Å². The van der Waals surface area contributed by atoms with E-state index in [1.54, 1.807) is 6.33 Å². The fraction of sp³-hybridized carbons (Fsp3) is 0.429. The monoisotopic (exact) mass is 382 g/mol. The minimum atomic E-state index is 0.225. The van der Waals surface area contributed by atoms with Crippen molar-refractivity contribution in [3.05, 3.63) is 52.6 Å². The Kier molecular flexibility index (Phi) is 4.29. The van der Waals surface area contributed by atoms with Crippen molar-refractivity contribution in [2.45, 2.75) is 51.3 Å². The minimum Gasteiger partial charge on any atom is -0.490 e. The van der Waals surface area contributed by atoms with E-state index >= 15 is 0 Å². The summed E-state index contributed by atoms with van der Waals surface area (Å²) < 4.78 is 8.75. The molecule has 0 radical (unpaired) electrons. The van der Waals surface area contributed by atoms with Crippen molar-refractivity contribution in [2.75, 3.05) is 6.54 Å². The molecule has 0 saturated heterocycles. The van der Waals surface area contributed by atoms with Crippen molar-refractivity contribution in [1.82, 2.24) is 19.9 Å². The first-order valence-corrected chi connectivity index (χ1v) is 10.0. The number of ether oxygens (including phenoxy) is 1. The highest BCUT2D eigenvalue weighted by molar-refractivity contribution is 6.31. The van der Waals surface area contributed by atoms with Gasteiger partial charge in [0.25, 0.3) is 0 Å². The van der Waals surface area contributed by atoms with Crippen LogP contribution >= 0.6 is 11.6 Å². The quantitative estimate of drug-likeness (QED) is 0.737. The lowest BCUT2D eigenvalue weighted by atomic mass is 10.00. The Morgan fingerprint density at radius 3 is 3.04 bits per heavy atom. The predicted molar refractivity (Wildman–Crippen MR) is 106 cm³/mol. The van der Waals surface area contributed by atoms with E-state index in [1.807, 2.05) is 19.1 Å². The molecule has 1 aliphatic carbocycles. The molecule has 140 valence electrons. The second-order valence-corrected chi connectivity index (χ2v) is 7.96. The van der Waals surface area contributed by atoms with Crippen LogP contribution in [0.3, 0.4) is 0 Å². The molecule has 2 atom stereocenters. The maximum Gasteiger partial charge on any atom is 0.143 e. The molecule has 1 aliphatic heterocycles. The molecule has 1 aromatic carbocycles. The van der Waals surface area contributed by atoms with Crippen LogP contribution in [0.4, 0.5) is 0 Å². The van der Waals surface area contributed by atoms with Crippen molar-refractivity contribution in [1.29, 1.82) is 0 Å². The first kappa shape index (κ1) is 17.0. The highest BCUT2D eigenvalue weighted by Gasteiger charge is 2.29. The van der Waals surface area contributed by atoms with Crippen molar-refractivity contribution in [2.24, 2.45) is 0 Å². The van der Waals surface area contributed by atoms with Gasteiger partial charge < -0.3 is 14.6 Å². The van der Waals surface area contributed by atoms with E-state index in [1.165, 1.54) is 11.1 Å². The molecule has 0 spiro atoms. The molecule has 2 aliphatic rings. The third-order valence-corrected chi connectivity index (χ3v) is 6.29. The van der Waals surface area contributed by atoms with Crippen LogP contribution in [0.25, 0.3) is 11.0 Å². The summed E-state index contributed by atoms with van der Waals surface area (Å²) in [6.45, 7) is 3.84. The molecule has 1 fully saturated rings. The summed E-state index contributed by atoms with van der Waals surface area (Å²) >= 11 is 6.39. The Bertz CT molecular complexity index is 999. The maximum atomic E-state index is 6.45. The number of hydrogen-bond donors (Lipinski definition) is 1. The highest BCUT2D eigenvalue weighted by Crippen LogP contribution is 2.37. The van der Waals surface area contributed by atoms with Crippen LogP contribution in [-0.2, 0) is 13.0 Å². The fourth-order valence-electron chi connectivity index (χ4n) is 4.49. The molecule has 0 amide bonds. The van der Waals surface area contributed by atoms with Crippen molar-refractivity contribution < 1.29 is 4.74 Å². The van der Waals surface area contributed by atoms with Gasteiger partial charge in [-0.3, -0.25) is 0 Å². The molecule has 5 nitrogen and oxygen atoms in total.